The minimum absolute atomic E-state index is 0.194. The number of hydrogen-bond acceptors (Lipinski definition) is 4. The molecule has 3 rings (SSSR count). The monoisotopic (exact) mass is 421 g/mol. The van der Waals surface area contributed by atoms with Crippen molar-refractivity contribution in [3.63, 3.8) is 0 Å². The van der Waals surface area contributed by atoms with E-state index in [9.17, 15) is 13.2 Å². The van der Waals surface area contributed by atoms with E-state index >= 15 is 0 Å². The molecule has 7 heteroatoms. The topological polar surface area (TPSA) is 72.5 Å². The van der Waals surface area contributed by atoms with Crippen LogP contribution in [0.15, 0.2) is 53.4 Å². The lowest BCUT2D eigenvalue weighted by atomic mass is 10.0. The van der Waals surface area contributed by atoms with E-state index in [2.05, 4.69) is 9.46 Å². The van der Waals surface area contributed by atoms with E-state index in [1.165, 1.54) is 19.2 Å². The molecule has 0 saturated heterocycles. The lowest BCUT2D eigenvalue weighted by Gasteiger charge is -2.18. The number of hydrogen-bond donors (Lipinski definition) is 1. The molecule has 2 aromatic rings. The third-order valence-corrected chi connectivity index (χ3v) is 6.81. The first kappa shape index (κ1) is 20.8. The molecule has 1 fully saturated rings. The van der Waals surface area contributed by atoms with Crippen LogP contribution in [0.1, 0.15) is 36.8 Å². The van der Waals surface area contributed by atoms with Gasteiger partial charge in [-0.2, -0.15) is 0 Å². The van der Waals surface area contributed by atoms with Crippen molar-refractivity contribution in [3.05, 3.63) is 64.7 Å². The molecular formula is C21H24ClNO4S. The second-order valence-corrected chi connectivity index (χ2v) is 9.38. The molecule has 0 spiro atoms. The Morgan fingerprint density at radius 2 is 1.68 bits per heavy atom. The predicted molar refractivity (Wildman–Crippen MR) is 109 cm³/mol. The summed E-state index contributed by atoms with van der Waals surface area (Å²) < 4.78 is 32.8. The fourth-order valence-corrected chi connectivity index (χ4v) is 4.76. The Morgan fingerprint density at radius 3 is 2.25 bits per heavy atom. The molecule has 1 aliphatic carbocycles. The van der Waals surface area contributed by atoms with E-state index in [0.29, 0.717) is 17.9 Å². The van der Waals surface area contributed by atoms with Crippen molar-refractivity contribution in [2.45, 2.75) is 49.0 Å². The highest BCUT2D eigenvalue weighted by molar-refractivity contribution is 7.89. The highest BCUT2D eigenvalue weighted by Gasteiger charge is 2.45. The SMILES string of the molecule is COC(=O)CCCc1ccc(CC2(NS(=O)(=O)c3ccc(Cl)cc3)CC2)cc1. The smallest absolute Gasteiger partial charge is 0.305 e. The fourth-order valence-electron chi connectivity index (χ4n) is 3.18. The molecule has 0 radical (unpaired) electrons. The van der Waals surface area contributed by atoms with E-state index in [4.69, 9.17) is 11.6 Å². The van der Waals surface area contributed by atoms with Crippen molar-refractivity contribution in [2.75, 3.05) is 7.11 Å². The van der Waals surface area contributed by atoms with E-state index in [0.717, 1.165) is 36.8 Å². The van der Waals surface area contributed by atoms with Crippen LogP contribution < -0.4 is 4.72 Å². The average Bonchev–Trinajstić information content (AvgIpc) is 3.41. The molecular weight excluding hydrogens is 398 g/mol. The van der Waals surface area contributed by atoms with Crippen LogP contribution in [0.4, 0.5) is 0 Å². The first-order valence-corrected chi connectivity index (χ1v) is 11.1. The second kappa shape index (κ2) is 8.64. The maximum absolute atomic E-state index is 12.6. The first-order chi connectivity index (χ1) is 13.3. The van der Waals surface area contributed by atoms with Crippen molar-refractivity contribution in [2.24, 2.45) is 0 Å². The number of halogens is 1. The molecule has 2 aromatic carbocycles. The second-order valence-electron chi connectivity index (χ2n) is 7.26. The molecule has 0 unspecified atom stereocenters. The van der Waals surface area contributed by atoms with Gasteiger partial charge >= 0.3 is 5.97 Å². The molecule has 0 aromatic heterocycles. The number of esters is 1. The number of carbonyl (C=O) groups excluding carboxylic acids is 1. The zero-order valence-electron chi connectivity index (χ0n) is 15.8. The van der Waals surface area contributed by atoms with Crippen molar-refractivity contribution >= 4 is 27.6 Å². The van der Waals surface area contributed by atoms with Gasteiger partial charge in [0, 0.05) is 17.0 Å². The highest BCUT2D eigenvalue weighted by atomic mass is 35.5. The Hall–Kier alpha value is -1.89. The van der Waals surface area contributed by atoms with Gasteiger partial charge in [-0.15, -0.1) is 0 Å². The maximum Gasteiger partial charge on any atom is 0.305 e. The largest absolute Gasteiger partial charge is 0.469 e. The number of aryl methyl sites for hydroxylation is 1. The Morgan fingerprint density at radius 1 is 1.07 bits per heavy atom. The van der Waals surface area contributed by atoms with Gasteiger partial charge in [-0.05, 0) is 67.5 Å². The number of rotatable bonds is 9. The number of carbonyl (C=O) groups is 1. The number of nitrogens with one attached hydrogen (secondary N) is 1. The molecule has 0 amide bonds. The highest BCUT2D eigenvalue weighted by Crippen LogP contribution is 2.40. The van der Waals surface area contributed by atoms with Crippen molar-refractivity contribution in [1.82, 2.24) is 4.72 Å². The Balaban J connectivity index is 1.58. The molecule has 0 bridgehead atoms. The van der Waals surface area contributed by atoms with Crippen LogP contribution in [0.25, 0.3) is 0 Å². The quantitative estimate of drug-likeness (QED) is 0.623. The fraction of sp³-hybridized carbons (Fsp3) is 0.381. The van der Waals surface area contributed by atoms with Crippen molar-refractivity contribution < 1.29 is 17.9 Å². The minimum Gasteiger partial charge on any atom is -0.469 e. The molecule has 5 nitrogen and oxygen atoms in total. The van der Waals surface area contributed by atoms with E-state index in [1.54, 1.807) is 12.1 Å². The van der Waals surface area contributed by atoms with Crippen LogP contribution in [-0.4, -0.2) is 27.0 Å². The average molecular weight is 422 g/mol. The number of benzene rings is 2. The maximum atomic E-state index is 12.6. The van der Waals surface area contributed by atoms with Crippen LogP contribution in [0, 0.1) is 0 Å². The molecule has 1 N–H and O–H groups in total. The lowest BCUT2D eigenvalue weighted by molar-refractivity contribution is -0.140. The molecule has 0 atom stereocenters. The number of sulfonamides is 1. The predicted octanol–water partition coefficient (Wildman–Crippen LogP) is 3.89. The van der Waals surface area contributed by atoms with E-state index in [1.807, 2.05) is 24.3 Å². The summed E-state index contributed by atoms with van der Waals surface area (Å²) in [6.07, 6.45) is 4.26. The minimum atomic E-state index is -3.58. The summed E-state index contributed by atoms with van der Waals surface area (Å²) in [6.45, 7) is 0. The third-order valence-electron chi connectivity index (χ3n) is 4.97. The van der Waals surface area contributed by atoms with Gasteiger partial charge < -0.3 is 4.74 Å². The summed E-state index contributed by atoms with van der Waals surface area (Å²) in [7, 11) is -2.18. The molecule has 1 saturated carbocycles. The molecule has 150 valence electrons. The van der Waals surface area contributed by atoms with Gasteiger partial charge in [-0.25, -0.2) is 13.1 Å². The van der Waals surface area contributed by atoms with Crippen LogP contribution in [-0.2, 0) is 32.4 Å². The summed E-state index contributed by atoms with van der Waals surface area (Å²) in [5.41, 5.74) is 1.83. The van der Waals surface area contributed by atoms with Gasteiger partial charge in [0.05, 0.1) is 12.0 Å². The molecule has 0 aliphatic heterocycles. The summed E-state index contributed by atoms with van der Waals surface area (Å²) in [4.78, 5) is 11.4. The third kappa shape index (κ3) is 5.56. The van der Waals surface area contributed by atoms with Gasteiger partial charge in [-0.3, -0.25) is 4.79 Å². The van der Waals surface area contributed by atoms with Gasteiger partial charge in [0.2, 0.25) is 10.0 Å². The Labute approximate surface area is 171 Å². The van der Waals surface area contributed by atoms with E-state index < -0.39 is 15.6 Å². The Bertz CT molecular complexity index is 920. The van der Waals surface area contributed by atoms with E-state index in [-0.39, 0.29) is 10.9 Å². The van der Waals surface area contributed by atoms with Crippen LogP contribution in [0.3, 0.4) is 0 Å². The van der Waals surface area contributed by atoms with Crippen LogP contribution in [0.5, 0.6) is 0 Å². The van der Waals surface area contributed by atoms with Crippen molar-refractivity contribution in [3.8, 4) is 0 Å². The van der Waals surface area contributed by atoms with Gasteiger partial charge in [0.15, 0.2) is 0 Å². The number of ether oxygens (including phenoxy) is 1. The zero-order chi connectivity index (χ0) is 20.2. The zero-order valence-corrected chi connectivity index (χ0v) is 17.4. The summed E-state index contributed by atoms with van der Waals surface area (Å²) in [5.74, 6) is -0.194. The van der Waals surface area contributed by atoms with Gasteiger partial charge in [0.1, 0.15) is 0 Å². The Kier molecular flexibility index (Phi) is 6.43. The summed E-state index contributed by atoms with van der Waals surface area (Å²) in [5, 5.41) is 0.506. The lowest BCUT2D eigenvalue weighted by Crippen LogP contribution is -2.38. The van der Waals surface area contributed by atoms with Crippen molar-refractivity contribution in [1.29, 1.82) is 0 Å². The van der Waals surface area contributed by atoms with Gasteiger partial charge in [0.25, 0.3) is 0 Å². The molecule has 1 aliphatic rings. The molecule has 0 heterocycles. The van der Waals surface area contributed by atoms with Gasteiger partial charge in [-0.1, -0.05) is 35.9 Å². The number of methoxy groups -OCH3 is 1. The summed E-state index contributed by atoms with van der Waals surface area (Å²) in [6, 6.07) is 14.3. The van der Waals surface area contributed by atoms with Crippen LogP contribution >= 0.6 is 11.6 Å². The molecule has 28 heavy (non-hydrogen) atoms. The van der Waals surface area contributed by atoms with Crippen LogP contribution in [0.2, 0.25) is 5.02 Å². The first-order valence-electron chi connectivity index (χ1n) is 9.26. The summed E-state index contributed by atoms with van der Waals surface area (Å²) >= 11 is 5.84. The normalized spacial score (nSPS) is 15.2. The standard InChI is InChI=1S/C21H24ClNO4S/c1-27-20(24)4-2-3-16-5-7-17(8-6-16)15-21(13-14-21)23-28(25,26)19-11-9-18(22)10-12-19/h5-12,23H,2-4,13-15H2,1H3.